The molecule has 0 aliphatic carbocycles. The number of carbonyl (C=O) groups excluding carboxylic acids is 1. The van der Waals surface area contributed by atoms with E-state index in [4.69, 9.17) is 11.6 Å². The summed E-state index contributed by atoms with van der Waals surface area (Å²) in [5.74, 6) is 0.972. The second-order valence-corrected chi connectivity index (χ2v) is 7.16. The van der Waals surface area contributed by atoms with Crippen LogP contribution in [0, 0.1) is 5.92 Å². The van der Waals surface area contributed by atoms with Crippen LogP contribution in [0.2, 0.25) is 5.02 Å². The van der Waals surface area contributed by atoms with Crippen LogP contribution in [0.5, 0.6) is 0 Å². The summed E-state index contributed by atoms with van der Waals surface area (Å²) < 4.78 is 1.02. The fourth-order valence-electron chi connectivity index (χ4n) is 2.87. The highest BCUT2D eigenvalue weighted by Crippen LogP contribution is 2.23. The predicted octanol–water partition coefficient (Wildman–Crippen LogP) is 3.88. The van der Waals surface area contributed by atoms with Crippen LogP contribution >= 0.6 is 27.5 Å². The highest BCUT2D eigenvalue weighted by molar-refractivity contribution is 9.10. The molecule has 22 heavy (non-hydrogen) atoms. The summed E-state index contributed by atoms with van der Waals surface area (Å²) >= 11 is 9.53. The molecule has 1 aromatic carbocycles. The van der Waals surface area contributed by atoms with Crippen molar-refractivity contribution in [1.82, 2.24) is 10.2 Å². The van der Waals surface area contributed by atoms with E-state index in [0.717, 1.165) is 60.5 Å². The van der Waals surface area contributed by atoms with Crippen molar-refractivity contribution in [3.8, 4) is 0 Å². The number of benzene rings is 1. The number of carbonyl (C=O) groups is 1. The molecule has 0 radical (unpaired) electrons. The zero-order chi connectivity index (χ0) is 15.9. The molecule has 5 heteroatoms. The van der Waals surface area contributed by atoms with E-state index in [-0.39, 0.29) is 5.91 Å². The SMILES string of the molecule is CCNCC1CCN(C(=O)CCc2cc(Cl)ccc2Br)CC1. The van der Waals surface area contributed by atoms with Crippen molar-refractivity contribution in [3.63, 3.8) is 0 Å². The predicted molar refractivity (Wildman–Crippen MR) is 95.3 cm³/mol. The van der Waals surface area contributed by atoms with Gasteiger partial charge in [0.05, 0.1) is 0 Å². The van der Waals surface area contributed by atoms with E-state index >= 15 is 0 Å². The number of aryl methyl sites for hydroxylation is 1. The van der Waals surface area contributed by atoms with Crippen molar-refractivity contribution < 1.29 is 4.79 Å². The molecule has 1 N–H and O–H groups in total. The fourth-order valence-corrected chi connectivity index (χ4v) is 3.51. The van der Waals surface area contributed by atoms with E-state index in [1.54, 1.807) is 0 Å². The molecule has 0 unspecified atom stereocenters. The first-order valence-electron chi connectivity index (χ1n) is 8.02. The molecule has 1 amide bonds. The normalized spacial score (nSPS) is 16.0. The van der Waals surface area contributed by atoms with Crippen LogP contribution in [0.4, 0.5) is 0 Å². The number of amides is 1. The Morgan fingerprint density at radius 1 is 1.41 bits per heavy atom. The smallest absolute Gasteiger partial charge is 0.222 e. The van der Waals surface area contributed by atoms with Gasteiger partial charge in [-0.2, -0.15) is 0 Å². The van der Waals surface area contributed by atoms with Crippen molar-refractivity contribution in [1.29, 1.82) is 0 Å². The zero-order valence-corrected chi connectivity index (χ0v) is 15.4. The highest BCUT2D eigenvalue weighted by atomic mass is 79.9. The van der Waals surface area contributed by atoms with Gasteiger partial charge in [0.1, 0.15) is 0 Å². The maximum absolute atomic E-state index is 12.4. The monoisotopic (exact) mass is 386 g/mol. The average Bonchev–Trinajstić information content (AvgIpc) is 2.54. The summed E-state index contributed by atoms with van der Waals surface area (Å²) in [6.45, 7) is 6.02. The first kappa shape index (κ1) is 17.8. The van der Waals surface area contributed by atoms with Gasteiger partial charge in [0.15, 0.2) is 0 Å². The Morgan fingerprint density at radius 2 is 2.14 bits per heavy atom. The number of rotatable bonds is 6. The summed E-state index contributed by atoms with van der Waals surface area (Å²) in [4.78, 5) is 14.4. The Labute approximate surface area is 146 Å². The Hall–Kier alpha value is -0.580. The Balaban J connectivity index is 1.77. The van der Waals surface area contributed by atoms with Gasteiger partial charge in [-0.1, -0.05) is 34.5 Å². The molecular formula is C17H24BrClN2O. The molecule has 0 aromatic heterocycles. The first-order valence-corrected chi connectivity index (χ1v) is 9.19. The average molecular weight is 388 g/mol. The van der Waals surface area contributed by atoms with Gasteiger partial charge in [0.2, 0.25) is 5.91 Å². The number of nitrogens with one attached hydrogen (secondary N) is 1. The molecule has 1 fully saturated rings. The van der Waals surface area contributed by atoms with Gasteiger partial charge in [0.25, 0.3) is 0 Å². The standard InChI is InChI=1S/C17H24BrClN2O/c1-2-20-12-13-7-9-21(10-8-13)17(22)6-3-14-11-15(19)4-5-16(14)18/h4-5,11,13,20H,2-3,6-10,12H2,1H3. The summed E-state index contributed by atoms with van der Waals surface area (Å²) in [5.41, 5.74) is 1.10. The molecular weight excluding hydrogens is 364 g/mol. The first-order chi connectivity index (χ1) is 10.6. The lowest BCUT2D eigenvalue weighted by Gasteiger charge is -2.32. The molecule has 2 rings (SSSR count). The van der Waals surface area contributed by atoms with Gasteiger partial charge in [-0.15, -0.1) is 0 Å². The number of likely N-dealkylation sites (tertiary alicyclic amines) is 1. The van der Waals surface area contributed by atoms with Gasteiger partial charge >= 0.3 is 0 Å². The number of halogens is 2. The quantitative estimate of drug-likeness (QED) is 0.803. The van der Waals surface area contributed by atoms with Crippen LogP contribution in [-0.4, -0.2) is 37.0 Å². The van der Waals surface area contributed by atoms with Crippen LogP contribution in [0.3, 0.4) is 0 Å². The van der Waals surface area contributed by atoms with Crippen molar-refractivity contribution >= 4 is 33.4 Å². The molecule has 3 nitrogen and oxygen atoms in total. The summed E-state index contributed by atoms with van der Waals surface area (Å²) in [7, 11) is 0. The molecule has 0 saturated carbocycles. The van der Waals surface area contributed by atoms with E-state index < -0.39 is 0 Å². The Bertz CT molecular complexity index is 501. The minimum absolute atomic E-state index is 0.258. The topological polar surface area (TPSA) is 32.3 Å². The molecule has 1 aliphatic heterocycles. The maximum Gasteiger partial charge on any atom is 0.222 e. The van der Waals surface area contributed by atoms with Crippen molar-refractivity contribution in [2.45, 2.75) is 32.6 Å². The van der Waals surface area contributed by atoms with Crippen LogP contribution in [-0.2, 0) is 11.2 Å². The largest absolute Gasteiger partial charge is 0.343 e. The van der Waals surface area contributed by atoms with E-state index in [0.29, 0.717) is 12.3 Å². The molecule has 1 aliphatic rings. The molecule has 0 atom stereocenters. The van der Waals surface area contributed by atoms with Crippen molar-refractivity contribution in [2.75, 3.05) is 26.2 Å². The number of hydrogen-bond donors (Lipinski definition) is 1. The van der Waals surface area contributed by atoms with Gasteiger partial charge < -0.3 is 10.2 Å². The third kappa shape index (κ3) is 5.25. The fraction of sp³-hybridized carbons (Fsp3) is 0.588. The van der Waals surface area contributed by atoms with Crippen LogP contribution < -0.4 is 5.32 Å². The second-order valence-electron chi connectivity index (χ2n) is 5.87. The molecule has 122 valence electrons. The minimum atomic E-state index is 0.258. The second kappa shape index (κ2) is 8.90. The van der Waals surface area contributed by atoms with E-state index in [2.05, 4.69) is 28.2 Å². The van der Waals surface area contributed by atoms with E-state index in [1.165, 1.54) is 0 Å². The van der Waals surface area contributed by atoms with E-state index in [1.807, 2.05) is 23.1 Å². The lowest BCUT2D eigenvalue weighted by Crippen LogP contribution is -2.40. The van der Waals surface area contributed by atoms with Crippen molar-refractivity contribution in [3.05, 3.63) is 33.3 Å². The van der Waals surface area contributed by atoms with Crippen LogP contribution in [0.25, 0.3) is 0 Å². The molecule has 1 heterocycles. The summed E-state index contributed by atoms with van der Waals surface area (Å²) in [6, 6.07) is 5.72. The number of nitrogens with zero attached hydrogens (tertiary/aromatic N) is 1. The Kier molecular flexibility index (Phi) is 7.19. The lowest BCUT2D eigenvalue weighted by molar-refractivity contribution is -0.132. The third-order valence-corrected chi connectivity index (χ3v) is 5.27. The highest BCUT2D eigenvalue weighted by Gasteiger charge is 2.22. The van der Waals surface area contributed by atoms with Crippen molar-refractivity contribution in [2.24, 2.45) is 5.92 Å². The van der Waals surface area contributed by atoms with Gasteiger partial charge in [0, 0.05) is 29.0 Å². The molecule has 0 spiro atoms. The zero-order valence-electron chi connectivity index (χ0n) is 13.1. The van der Waals surface area contributed by atoms with Gasteiger partial charge in [-0.3, -0.25) is 4.79 Å². The minimum Gasteiger partial charge on any atom is -0.343 e. The molecule has 0 bridgehead atoms. The molecule has 1 aromatic rings. The number of hydrogen-bond acceptors (Lipinski definition) is 2. The number of piperidine rings is 1. The molecule has 1 saturated heterocycles. The summed E-state index contributed by atoms with van der Waals surface area (Å²) in [5, 5.41) is 4.12. The van der Waals surface area contributed by atoms with E-state index in [9.17, 15) is 4.79 Å². The Morgan fingerprint density at radius 3 is 2.82 bits per heavy atom. The van der Waals surface area contributed by atoms with Gasteiger partial charge in [-0.25, -0.2) is 0 Å². The van der Waals surface area contributed by atoms with Crippen LogP contribution in [0.15, 0.2) is 22.7 Å². The maximum atomic E-state index is 12.4. The summed E-state index contributed by atoms with van der Waals surface area (Å²) in [6.07, 6.45) is 3.51. The third-order valence-electron chi connectivity index (χ3n) is 4.27. The van der Waals surface area contributed by atoms with Gasteiger partial charge in [-0.05, 0) is 62.0 Å². The lowest BCUT2D eigenvalue weighted by atomic mass is 9.96. The van der Waals surface area contributed by atoms with Crippen LogP contribution in [0.1, 0.15) is 31.7 Å².